The van der Waals surface area contributed by atoms with Crippen molar-refractivity contribution in [3.05, 3.63) is 23.8 Å². The lowest BCUT2D eigenvalue weighted by Gasteiger charge is -2.40. The van der Waals surface area contributed by atoms with Crippen molar-refractivity contribution in [2.45, 2.75) is 37.9 Å². The molecule has 1 aromatic carbocycles. The zero-order valence-electron chi connectivity index (χ0n) is 16.6. The molecule has 1 amide bonds. The van der Waals surface area contributed by atoms with E-state index in [1.54, 1.807) is 26.2 Å². The van der Waals surface area contributed by atoms with Gasteiger partial charge in [0.05, 0.1) is 21.3 Å². The van der Waals surface area contributed by atoms with Gasteiger partial charge >= 0.3 is 6.09 Å². The van der Waals surface area contributed by atoms with Gasteiger partial charge in [-0.2, -0.15) is 0 Å². The van der Waals surface area contributed by atoms with Gasteiger partial charge in [0, 0.05) is 20.1 Å². The summed E-state index contributed by atoms with van der Waals surface area (Å²) in [6, 6.07) is 5.11. The molecular weight excluding hydrogens is 354 g/mol. The number of carbonyl (C=O) groups is 1. The van der Waals surface area contributed by atoms with Crippen LogP contribution in [0.5, 0.6) is 11.5 Å². The van der Waals surface area contributed by atoms with Crippen LogP contribution in [0.25, 0.3) is 0 Å². The molecule has 2 atom stereocenters. The first-order chi connectivity index (χ1) is 12.2. The second-order valence-electron chi connectivity index (χ2n) is 7.16. The van der Waals surface area contributed by atoms with E-state index in [2.05, 4.69) is 19.6 Å². The third kappa shape index (κ3) is 3.97. The Morgan fingerprint density at radius 3 is 2.27 bits per heavy atom. The van der Waals surface area contributed by atoms with Gasteiger partial charge in [-0.3, -0.25) is 4.90 Å². The summed E-state index contributed by atoms with van der Waals surface area (Å²) < 4.78 is 28.1. The first kappa shape index (κ1) is 20.5. The zero-order valence-corrected chi connectivity index (χ0v) is 17.6. The highest BCUT2D eigenvalue weighted by molar-refractivity contribution is 6.69. The van der Waals surface area contributed by atoms with Crippen LogP contribution in [0, 0.1) is 0 Å². The number of nitrogens with zero attached hydrogens (tertiary/aromatic N) is 1. The van der Waals surface area contributed by atoms with Gasteiger partial charge in [-0.25, -0.2) is 4.79 Å². The van der Waals surface area contributed by atoms with Crippen LogP contribution in [0.2, 0.25) is 19.6 Å². The van der Waals surface area contributed by atoms with E-state index in [0.29, 0.717) is 24.5 Å². The molecule has 7 nitrogen and oxygen atoms in total. The van der Waals surface area contributed by atoms with Gasteiger partial charge < -0.3 is 23.4 Å². The minimum absolute atomic E-state index is 0.414. The molecule has 1 fully saturated rings. The minimum Gasteiger partial charge on any atom is -0.493 e. The van der Waals surface area contributed by atoms with Crippen LogP contribution in [0.1, 0.15) is 18.0 Å². The summed E-state index contributed by atoms with van der Waals surface area (Å²) in [7, 11) is 4.20. The molecule has 2 unspecified atom stereocenters. The van der Waals surface area contributed by atoms with Crippen molar-refractivity contribution < 1.29 is 28.2 Å². The van der Waals surface area contributed by atoms with Crippen LogP contribution in [0.15, 0.2) is 18.2 Å². The fourth-order valence-electron chi connectivity index (χ4n) is 3.43. The Labute approximate surface area is 156 Å². The van der Waals surface area contributed by atoms with E-state index in [0.717, 1.165) is 5.56 Å². The van der Waals surface area contributed by atoms with E-state index in [-0.39, 0.29) is 0 Å². The first-order valence-electron chi connectivity index (χ1n) is 8.53. The standard InChI is InChI=1S/C18H29NO6Si/c1-21-14-9-8-13(12-15(14)22-2)16-18(24-4,25-26(5,6)7)10-11-19(16)17(20)23-3/h8-9,12,16H,10-11H2,1-7H3. The van der Waals surface area contributed by atoms with E-state index in [9.17, 15) is 4.79 Å². The fraction of sp³-hybridized carbons (Fsp3) is 0.611. The number of benzene rings is 1. The molecule has 146 valence electrons. The van der Waals surface area contributed by atoms with Gasteiger partial charge in [0.2, 0.25) is 0 Å². The smallest absolute Gasteiger partial charge is 0.410 e. The highest BCUT2D eigenvalue weighted by Crippen LogP contribution is 2.47. The number of carbonyl (C=O) groups excluding carboxylic acids is 1. The molecule has 1 aliphatic heterocycles. The normalized spacial score (nSPS) is 23.0. The number of hydrogen-bond acceptors (Lipinski definition) is 6. The average molecular weight is 384 g/mol. The lowest BCUT2D eigenvalue weighted by molar-refractivity contribution is -0.185. The Balaban J connectivity index is 2.56. The monoisotopic (exact) mass is 383 g/mol. The largest absolute Gasteiger partial charge is 0.493 e. The predicted molar refractivity (Wildman–Crippen MR) is 100 cm³/mol. The molecule has 8 heteroatoms. The number of methoxy groups -OCH3 is 4. The highest BCUT2D eigenvalue weighted by atomic mass is 28.4. The van der Waals surface area contributed by atoms with Crippen molar-refractivity contribution in [2.75, 3.05) is 35.0 Å². The van der Waals surface area contributed by atoms with E-state index >= 15 is 0 Å². The molecule has 1 aliphatic rings. The van der Waals surface area contributed by atoms with Gasteiger partial charge in [0.15, 0.2) is 25.6 Å². The Morgan fingerprint density at radius 1 is 1.12 bits per heavy atom. The number of rotatable bonds is 6. The van der Waals surface area contributed by atoms with Crippen molar-refractivity contribution >= 4 is 14.4 Å². The Hall–Kier alpha value is -1.77. The maximum absolute atomic E-state index is 12.4. The van der Waals surface area contributed by atoms with E-state index in [1.807, 2.05) is 18.2 Å². The Kier molecular flexibility index (Phi) is 6.20. The molecular formula is C18H29NO6Si. The second-order valence-corrected chi connectivity index (χ2v) is 11.6. The number of ether oxygens (including phenoxy) is 4. The van der Waals surface area contributed by atoms with Crippen molar-refractivity contribution in [3.63, 3.8) is 0 Å². The summed E-state index contributed by atoms with van der Waals surface area (Å²) in [5.41, 5.74) is 0.839. The van der Waals surface area contributed by atoms with Crippen LogP contribution in [-0.2, 0) is 13.9 Å². The molecule has 2 rings (SSSR count). The number of likely N-dealkylation sites (tertiary alicyclic amines) is 1. The SMILES string of the molecule is COC(=O)N1CCC(OC)(O[Si](C)(C)C)C1c1ccc(OC)c(OC)c1. The zero-order chi connectivity index (χ0) is 19.5. The molecule has 0 spiro atoms. The van der Waals surface area contributed by atoms with Crippen LogP contribution in [0.3, 0.4) is 0 Å². The van der Waals surface area contributed by atoms with Crippen LogP contribution in [0.4, 0.5) is 4.79 Å². The molecule has 0 aromatic heterocycles. The fourth-order valence-corrected chi connectivity index (χ4v) is 4.76. The van der Waals surface area contributed by atoms with Crippen molar-refractivity contribution in [1.29, 1.82) is 0 Å². The summed E-state index contributed by atoms with van der Waals surface area (Å²) in [5.74, 6) is 0.269. The molecule has 0 aliphatic carbocycles. The molecule has 1 aromatic rings. The predicted octanol–water partition coefficient (Wildman–Crippen LogP) is 3.41. The van der Waals surface area contributed by atoms with E-state index in [4.69, 9.17) is 23.4 Å². The van der Waals surface area contributed by atoms with Gasteiger partial charge in [0.1, 0.15) is 6.04 Å². The summed E-state index contributed by atoms with van der Waals surface area (Å²) in [6.07, 6.45) is 0.143. The summed E-state index contributed by atoms with van der Waals surface area (Å²) in [4.78, 5) is 14.0. The maximum atomic E-state index is 12.4. The molecule has 0 N–H and O–H groups in total. The number of amides is 1. The lowest BCUT2D eigenvalue weighted by atomic mass is 9.98. The van der Waals surface area contributed by atoms with Crippen LogP contribution < -0.4 is 9.47 Å². The maximum Gasteiger partial charge on any atom is 0.410 e. The summed E-state index contributed by atoms with van der Waals surface area (Å²) in [5, 5.41) is 0. The topological polar surface area (TPSA) is 66.5 Å². The van der Waals surface area contributed by atoms with Gasteiger partial charge in [-0.1, -0.05) is 6.07 Å². The molecule has 0 saturated carbocycles. The molecule has 1 saturated heterocycles. The lowest BCUT2D eigenvalue weighted by Crippen LogP contribution is -2.49. The third-order valence-corrected chi connectivity index (χ3v) is 5.34. The Bertz CT molecular complexity index is 647. The van der Waals surface area contributed by atoms with Gasteiger partial charge in [0.25, 0.3) is 0 Å². The summed E-state index contributed by atoms with van der Waals surface area (Å²) in [6.45, 7) is 6.77. The van der Waals surface area contributed by atoms with Crippen LogP contribution >= 0.6 is 0 Å². The van der Waals surface area contributed by atoms with Crippen molar-refractivity contribution in [1.82, 2.24) is 4.90 Å². The quantitative estimate of drug-likeness (QED) is 0.554. The van der Waals surface area contributed by atoms with Gasteiger partial charge in [-0.05, 0) is 37.3 Å². The molecule has 0 bridgehead atoms. The molecule has 26 heavy (non-hydrogen) atoms. The Morgan fingerprint density at radius 2 is 1.77 bits per heavy atom. The van der Waals surface area contributed by atoms with E-state index < -0.39 is 26.2 Å². The molecule has 0 radical (unpaired) electrons. The summed E-state index contributed by atoms with van der Waals surface area (Å²) >= 11 is 0. The molecule has 1 heterocycles. The highest BCUT2D eigenvalue weighted by Gasteiger charge is 2.54. The van der Waals surface area contributed by atoms with E-state index in [1.165, 1.54) is 7.11 Å². The second kappa shape index (κ2) is 7.85. The third-order valence-electron chi connectivity index (χ3n) is 4.39. The van der Waals surface area contributed by atoms with Gasteiger partial charge in [-0.15, -0.1) is 0 Å². The van der Waals surface area contributed by atoms with Crippen molar-refractivity contribution in [2.24, 2.45) is 0 Å². The van der Waals surface area contributed by atoms with Crippen LogP contribution in [-0.4, -0.2) is 60.1 Å². The average Bonchev–Trinajstić information content (AvgIpc) is 2.98. The number of hydrogen-bond donors (Lipinski definition) is 0. The van der Waals surface area contributed by atoms with Crippen molar-refractivity contribution in [3.8, 4) is 11.5 Å². The first-order valence-corrected chi connectivity index (χ1v) is 11.9. The minimum atomic E-state index is -1.96.